The molecule has 3 heterocycles. The van der Waals surface area contributed by atoms with Crippen LogP contribution in [0.5, 0.6) is 0 Å². The molecule has 3 atom stereocenters. The fraction of sp³-hybridized carbons (Fsp3) is 0.556. The molecule has 2 aliphatic rings. The molecule has 7 heteroatoms. The summed E-state index contributed by atoms with van der Waals surface area (Å²) in [6, 6.07) is 8.90. The normalized spacial score (nSPS) is 24.0. The highest BCUT2D eigenvalue weighted by Gasteiger charge is 2.37. The molecule has 0 radical (unpaired) electrons. The second-order valence-electron chi connectivity index (χ2n) is 6.77. The van der Waals surface area contributed by atoms with Crippen LogP contribution >= 0.6 is 24.2 Å². The first-order valence-electron chi connectivity index (χ1n) is 8.80. The first-order valence-corrected chi connectivity index (χ1v) is 9.85. The quantitative estimate of drug-likeness (QED) is 0.855. The number of nitrogens with one attached hydrogen (secondary N) is 2. The molecule has 2 bridgehead atoms. The summed E-state index contributed by atoms with van der Waals surface area (Å²) in [5.74, 6) is 1.78. The summed E-state index contributed by atoms with van der Waals surface area (Å²) in [6.07, 6.45) is 3.40. The van der Waals surface area contributed by atoms with E-state index in [2.05, 4.69) is 27.1 Å². The number of hydrogen-bond acceptors (Lipinski definition) is 4. The lowest BCUT2D eigenvalue weighted by Crippen LogP contribution is -2.43. The molecule has 2 fully saturated rings. The highest BCUT2D eigenvalue weighted by molar-refractivity contribution is 8.00. The monoisotopic (exact) mass is 380 g/mol. The van der Waals surface area contributed by atoms with Gasteiger partial charge in [-0.15, -0.1) is 24.2 Å². The van der Waals surface area contributed by atoms with E-state index in [0.717, 1.165) is 42.8 Å². The third kappa shape index (κ3) is 3.81. The van der Waals surface area contributed by atoms with E-state index in [1.165, 1.54) is 6.42 Å². The first kappa shape index (κ1) is 18.5. The van der Waals surface area contributed by atoms with E-state index in [9.17, 15) is 4.79 Å². The minimum atomic E-state index is 0. The van der Waals surface area contributed by atoms with Crippen molar-refractivity contribution in [3.63, 3.8) is 0 Å². The number of para-hydroxylation sites is 2. The molecule has 1 amide bonds. The Kier molecular flexibility index (Phi) is 5.92. The maximum Gasteiger partial charge on any atom is 0.233 e. The lowest BCUT2D eigenvalue weighted by Gasteiger charge is -2.28. The average molecular weight is 381 g/mol. The van der Waals surface area contributed by atoms with Gasteiger partial charge in [0.05, 0.1) is 22.0 Å². The molecule has 1 aromatic carbocycles. The number of fused-ring (bicyclic) bond motifs is 3. The number of aromatic amines is 1. The van der Waals surface area contributed by atoms with E-state index in [1.807, 2.05) is 24.3 Å². The van der Waals surface area contributed by atoms with Gasteiger partial charge in [0.2, 0.25) is 5.91 Å². The fourth-order valence-electron chi connectivity index (χ4n) is 3.90. The SMILES string of the molecule is CC(SCC(=O)N1C2CCNCC1CC2)c1nc2ccccc2[nH]1.Cl. The zero-order chi connectivity index (χ0) is 16.5. The number of amides is 1. The molecule has 5 nitrogen and oxygen atoms in total. The number of hydrogen-bond donors (Lipinski definition) is 2. The van der Waals surface area contributed by atoms with Crippen LogP contribution in [0.1, 0.15) is 37.3 Å². The van der Waals surface area contributed by atoms with Crippen LogP contribution in [0.4, 0.5) is 0 Å². The lowest BCUT2D eigenvalue weighted by atomic mass is 10.1. The molecule has 25 heavy (non-hydrogen) atoms. The van der Waals surface area contributed by atoms with E-state index in [1.54, 1.807) is 11.8 Å². The van der Waals surface area contributed by atoms with Crippen LogP contribution in [0.15, 0.2) is 24.3 Å². The van der Waals surface area contributed by atoms with Gasteiger partial charge in [-0.3, -0.25) is 4.79 Å². The second-order valence-corrected chi connectivity index (χ2v) is 8.10. The minimum absolute atomic E-state index is 0. The van der Waals surface area contributed by atoms with Crippen molar-refractivity contribution in [3.8, 4) is 0 Å². The molecule has 2 saturated heterocycles. The van der Waals surface area contributed by atoms with Crippen LogP contribution < -0.4 is 5.32 Å². The van der Waals surface area contributed by atoms with Crippen molar-refractivity contribution in [1.82, 2.24) is 20.2 Å². The molecule has 0 saturated carbocycles. The van der Waals surface area contributed by atoms with Crippen LogP contribution in [0.25, 0.3) is 11.0 Å². The first-order chi connectivity index (χ1) is 11.7. The summed E-state index contributed by atoms with van der Waals surface area (Å²) in [7, 11) is 0. The van der Waals surface area contributed by atoms with Crippen LogP contribution in [-0.4, -0.2) is 51.7 Å². The van der Waals surface area contributed by atoms with Gasteiger partial charge in [0.1, 0.15) is 5.82 Å². The third-order valence-electron chi connectivity index (χ3n) is 5.19. The van der Waals surface area contributed by atoms with Gasteiger partial charge in [-0.25, -0.2) is 4.98 Å². The van der Waals surface area contributed by atoms with E-state index in [0.29, 0.717) is 23.7 Å². The number of nitrogens with zero attached hydrogens (tertiary/aromatic N) is 2. The molecule has 2 N–H and O–H groups in total. The largest absolute Gasteiger partial charge is 0.341 e. The summed E-state index contributed by atoms with van der Waals surface area (Å²) >= 11 is 1.68. The summed E-state index contributed by atoms with van der Waals surface area (Å²) in [5, 5.41) is 3.64. The average Bonchev–Trinajstić information content (AvgIpc) is 3.12. The molecule has 4 rings (SSSR count). The van der Waals surface area contributed by atoms with Crippen molar-refractivity contribution in [2.24, 2.45) is 0 Å². The van der Waals surface area contributed by atoms with Gasteiger partial charge in [-0.1, -0.05) is 12.1 Å². The summed E-state index contributed by atoms with van der Waals surface area (Å²) in [6.45, 7) is 4.10. The predicted molar refractivity (Wildman–Crippen MR) is 105 cm³/mol. The molecule has 1 aromatic heterocycles. The van der Waals surface area contributed by atoms with Crippen molar-refractivity contribution in [1.29, 1.82) is 0 Å². The molecule has 0 spiro atoms. The zero-order valence-corrected chi connectivity index (χ0v) is 16.0. The Bertz CT molecular complexity index is 690. The van der Waals surface area contributed by atoms with Gasteiger partial charge in [0, 0.05) is 18.6 Å². The van der Waals surface area contributed by atoms with E-state index in [4.69, 9.17) is 0 Å². The molecule has 136 valence electrons. The van der Waals surface area contributed by atoms with E-state index < -0.39 is 0 Å². The number of halogens is 1. The van der Waals surface area contributed by atoms with Crippen LogP contribution in [0.2, 0.25) is 0 Å². The smallest absolute Gasteiger partial charge is 0.233 e. The number of benzene rings is 1. The number of aromatic nitrogens is 2. The number of H-pyrrole nitrogens is 1. The predicted octanol–water partition coefficient (Wildman–Crippen LogP) is 3.13. The molecule has 0 aliphatic carbocycles. The second kappa shape index (κ2) is 7.98. The van der Waals surface area contributed by atoms with Gasteiger partial charge < -0.3 is 15.2 Å². The topological polar surface area (TPSA) is 61.0 Å². The molecule has 2 aromatic rings. The number of thioether (sulfide) groups is 1. The maximum atomic E-state index is 12.8. The van der Waals surface area contributed by atoms with Gasteiger partial charge in [0.25, 0.3) is 0 Å². The Labute approximate surface area is 158 Å². The standard InChI is InChI=1S/C18H24N4OS.ClH/c1-12(18-20-15-4-2-3-5-16(15)21-18)24-11-17(23)22-13-6-7-14(22)10-19-9-8-13;/h2-5,12-14,19H,6-11H2,1H3,(H,20,21);1H. The molecular formula is C18H25ClN4OS. The zero-order valence-electron chi connectivity index (χ0n) is 14.4. The summed E-state index contributed by atoms with van der Waals surface area (Å²) < 4.78 is 0. The Morgan fingerprint density at radius 2 is 2.12 bits per heavy atom. The van der Waals surface area contributed by atoms with Gasteiger partial charge in [0.15, 0.2) is 0 Å². The minimum Gasteiger partial charge on any atom is -0.341 e. The van der Waals surface area contributed by atoms with Gasteiger partial charge in [-0.05, 0) is 44.9 Å². The van der Waals surface area contributed by atoms with Gasteiger partial charge >= 0.3 is 0 Å². The maximum absolute atomic E-state index is 12.8. The van der Waals surface area contributed by atoms with Crippen molar-refractivity contribution in [2.75, 3.05) is 18.8 Å². The summed E-state index contributed by atoms with van der Waals surface area (Å²) in [4.78, 5) is 23.0. The Morgan fingerprint density at radius 1 is 1.32 bits per heavy atom. The Balaban J connectivity index is 0.00000182. The van der Waals surface area contributed by atoms with E-state index in [-0.39, 0.29) is 17.7 Å². The highest BCUT2D eigenvalue weighted by Crippen LogP contribution is 2.32. The number of imidazole rings is 1. The number of carbonyl (C=O) groups excluding carboxylic acids is 1. The molecular weight excluding hydrogens is 356 g/mol. The summed E-state index contributed by atoms with van der Waals surface area (Å²) in [5.41, 5.74) is 2.05. The highest BCUT2D eigenvalue weighted by atomic mass is 35.5. The molecule has 3 unspecified atom stereocenters. The van der Waals surface area contributed by atoms with Crippen molar-refractivity contribution in [2.45, 2.75) is 43.5 Å². The lowest BCUT2D eigenvalue weighted by molar-refractivity contribution is -0.130. The Hall–Kier alpha value is -1.24. The Morgan fingerprint density at radius 3 is 2.96 bits per heavy atom. The van der Waals surface area contributed by atoms with Crippen molar-refractivity contribution < 1.29 is 4.79 Å². The molecule has 2 aliphatic heterocycles. The number of carbonyl (C=O) groups is 1. The number of rotatable bonds is 4. The van der Waals surface area contributed by atoms with Crippen LogP contribution in [0.3, 0.4) is 0 Å². The van der Waals surface area contributed by atoms with Crippen LogP contribution in [-0.2, 0) is 4.79 Å². The van der Waals surface area contributed by atoms with Crippen LogP contribution in [0, 0.1) is 0 Å². The van der Waals surface area contributed by atoms with Gasteiger partial charge in [-0.2, -0.15) is 0 Å². The van der Waals surface area contributed by atoms with E-state index >= 15 is 0 Å². The third-order valence-corrected chi connectivity index (χ3v) is 6.33. The van der Waals surface area contributed by atoms with Crippen molar-refractivity contribution in [3.05, 3.63) is 30.1 Å². The van der Waals surface area contributed by atoms with Crippen molar-refractivity contribution >= 4 is 41.1 Å². The fourth-order valence-corrected chi connectivity index (χ4v) is 4.72.